The summed E-state index contributed by atoms with van der Waals surface area (Å²) >= 11 is 5.70. The van der Waals surface area contributed by atoms with E-state index in [0.717, 1.165) is 18.2 Å². The minimum atomic E-state index is -1.21. The zero-order chi connectivity index (χ0) is 17.3. The van der Waals surface area contributed by atoms with Crippen LogP contribution < -0.4 is 0 Å². The number of aliphatic hydroxyl groups excluding tert-OH is 1. The summed E-state index contributed by atoms with van der Waals surface area (Å²) in [4.78, 5) is 13.1. The first-order chi connectivity index (χ1) is 11.5. The minimum Gasteiger partial charge on any atom is -0.393 e. The van der Waals surface area contributed by atoms with Gasteiger partial charge in [-0.1, -0.05) is 30.3 Å². The number of carbonyl (C=O) groups is 1. The third-order valence-corrected chi connectivity index (χ3v) is 4.43. The molecular weight excluding hydrogens is 336 g/mol. The van der Waals surface area contributed by atoms with Gasteiger partial charge in [-0.2, -0.15) is 0 Å². The van der Waals surface area contributed by atoms with Gasteiger partial charge in [-0.05, 0) is 47.0 Å². The first kappa shape index (κ1) is 16.6. The number of halogens is 3. The van der Waals surface area contributed by atoms with Crippen molar-refractivity contribution >= 4 is 22.5 Å². The van der Waals surface area contributed by atoms with Crippen molar-refractivity contribution in [2.24, 2.45) is 0 Å². The zero-order valence-corrected chi connectivity index (χ0v) is 13.3. The molecule has 0 aliphatic carbocycles. The maximum absolute atomic E-state index is 14.1. The van der Waals surface area contributed by atoms with E-state index in [9.17, 15) is 18.7 Å². The van der Waals surface area contributed by atoms with Gasteiger partial charge in [-0.25, -0.2) is 8.78 Å². The van der Waals surface area contributed by atoms with Crippen molar-refractivity contribution in [2.45, 2.75) is 5.54 Å². The highest BCUT2D eigenvalue weighted by Gasteiger charge is 2.44. The standard InChI is InChI=1S/C18H14ClF2NO2/c19-17(24)22-10-12(15-8-14(20)6-7-16(15)21)9-18(22,11-23)13-4-2-1-3-5-13/h1-9,23H,10-11H2/t18-/m1/s1. The predicted octanol–water partition coefficient (Wildman–Crippen LogP) is 3.91. The van der Waals surface area contributed by atoms with E-state index < -0.39 is 29.1 Å². The lowest BCUT2D eigenvalue weighted by Gasteiger charge is -2.35. The van der Waals surface area contributed by atoms with E-state index in [1.54, 1.807) is 36.4 Å². The van der Waals surface area contributed by atoms with Gasteiger partial charge in [-0.3, -0.25) is 4.79 Å². The van der Waals surface area contributed by atoms with Gasteiger partial charge in [0.2, 0.25) is 0 Å². The molecule has 3 nitrogen and oxygen atoms in total. The van der Waals surface area contributed by atoms with Crippen molar-refractivity contribution in [3.8, 4) is 0 Å². The van der Waals surface area contributed by atoms with Gasteiger partial charge in [0.25, 0.3) is 0 Å². The lowest BCUT2D eigenvalue weighted by molar-refractivity contribution is 0.116. The van der Waals surface area contributed by atoms with Gasteiger partial charge < -0.3 is 10.0 Å². The Morgan fingerprint density at radius 2 is 1.92 bits per heavy atom. The zero-order valence-electron chi connectivity index (χ0n) is 12.5. The van der Waals surface area contributed by atoms with Gasteiger partial charge in [-0.15, -0.1) is 0 Å². The van der Waals surface area contributed by atoms with Crippen LogP contribution in [-0.4, -0.2) is 28.5 Å². The molecule has 24 heavy (non-hydrogen) atoms. The summed E-state index contributed by atoms with van der Waals surface area (Å²) in [5.74, 6) is -1.19. The Morgan fingerprint density at radius 3 is 2.54 bits per heavy atom. The van der Waals surface area contributed by atoms with Crippen LogP contribution >= 0.6 is 11.6 Å². The van der Waals surface area contributed by atoms with Crippen LogP contribution in [0.3, 0.4) is 0 Å². The Bertz CT molecular complexity index is 810. The molecular formula is C18H14ClF2NO2. The molecule has 6 heteroatoms. The number of amides is 1. The van der Waals surface area contributed by atoms with E-state index in [1.165, 1.54) is 4.90 Å². The predicted molar refractivity (Wildman–Crippen MR) is 87.5 cm³/mol. The number of hydrogen-bond donors (Lipinski definition) is 1. The van der Waals surface area contributed by atoms with Crippen molar-refractivity contribution in [3.63, 3.8) is 0 Å². The van der Waals surface area contributed by atoms with Crippen LogP contribution in [0.1, 0.15) is 11.1 Å². The molecule has 1 amide bonds. The highest BCUT2D eigenvalue weighted by Crippen LogP contribution is 2.41. The summed E-state index contributed by atoms with van der Waals surface area (Å²) in [5.41, 5.74) is -0.148. The van der Waals surface area contributed by atoms with E-state index in [0.29, 0.717) is 11.1 Å². The number of benzene rings is 2. The summed E-state index contributed by atoms with van der Waals surface area (Å²) in [6.45, 7) is -0.464. The van der Waals surface area contributed by atoms with Crippen LogP contribution in [0.2, 0.25) is 0 Å². The lowest BCUT2D eigenvalue weighted by Crippen LogP contribution is -2.45. The molecule has 2 aromatic carbocycles. The fourth-order valence-corrected chi connectivity index (χ4v) is 3.25. The SMILES string of the molecule is O=C(Cl)N1CC(c2cc(F)ccc2F)=C[C@@]1(CO)c1ccccc1. The fourth-order valence-electron chi connectivity index (χ4n) is 3.04. The molecule has 0 radical (unpaired) electrons. The third kappa shape index (κ3) is 2.70. The van der Waals surface area contributed by atoms with E-state index in [2.05, 4.69) is 0 Å². The fraction of sp³-hybridized carbons (Fsp3) is 0.167. The highest BCUT2D eigenvalue weighted by molar-refractivity contribution is 6.63. The molecule has 2 aromatic rings. The van der Waals surface area contributed by atoms with Crippen molar-refractivity contribution < 1.29 is 18.7 Å². The van der Waals surface area contributed by atoms with Crippen LogP contribution in [0, 0.1) is 11.6 Å². The molecule has 0 saturated carbocycles. The summed E-state index contributed by atoms with van der Waals surface area (Å²) < 4.78 is 27.6. The molecule has 0 saturated heterocycles. The molecule has 1 aliphatic rings. The van der Waals surface area contributed by atoms with Gasteiger partial charge in [0, 0.05) is 12.1 Å². The second-order valence-corrected chi connectivity index (χ2v) is 5.90. The Hall–Kier alpha value is -2.24. The first-order valence-electron chi connectivity index (χ1n) is 7.28. The Labute approximate surface area is 142 Å². The third-order valence-electron chi connectivity index (χ3n) is 4.22. The maximum atomic E-state index is 14.1. The number of carbonyl (C=O) groups excluding carboxylic acids is 1. The molecule has 1 aliphatic heterocycles. The van der Waals surface area contributed by atoms with E-state index in [4.69, 9.17) is 11.6 Å². The summed E-state index contributed by atoms with van der Waals surface area (Å²) in [6, 6.07) is 11.9. The van der Waals surface area contributed by atoms with Gasteiger partial charge in [0.1, 0.15) is 17.2 Å². The molecule has 0 aromatic heterocycles. The van der Waals surface area contributed by atoms with E-state index >= 15 is 0 Å². The van der Waals surface area contributed by atoms with Crippen molar-refractivity contribution in [2.75, 3.05) is 13.2 Å². The molecule has 0 spiro atoms. The summed E-state index contributed by atoms with van der Waals surface area (Å²) in [6.07, 6.45) is 1.57. The Kier molecular flexibility index (Phi) is 4.39. The summed E-state index contributed by atoms with van der Waals surface area (Å²) in [7, 11) is 0. The summed E-state index contributed by atoms with van der Waals surface area (Å²) in [5, 5.41) is 9.23. The largest absolute Gasteiger partial charge is 0.393 e. The monoisotopic (exact) mass is 349 g/mol. The van der Waals surface area contributed by atoms with Crippen molar-refractivity contribution in [3.05, 3.63) is 77.4 Å². The van der Waals surface area contributed by atoms with Gasteiger partial charge in [0.15, 0.2) is 0 Å². The molecule has 124 valence electrons. The Morgan fingerprint density at radius 1 is 1.21 bits per heavy atom. The van der Waals surface area contributed by atoms with Gasteiger partial charge in [0.05, 0.1) is 6.61 Å². The maximum Gasteiger partial charge on any atom is 0.317 e. The van der Waals surface area contributed by atoms with Crippen LogP contribution in [0.5, 0.6) is 0 Å². The quantitative estimate of drug-likeness (QED) is 0.674. The van der Waals surface area contributed by atoms with E-state index in [-0.39, 0.29) is 12.1 Å². The van der Waals surface area contributed by atoms with Crippen molar-refractivity contribution in [1.82, 2.24) is 4.90 Å². The topological polar surface area (TPSA) is 40.5 Å². The molecule has 0 bridgehead atoms. The van der Waals surface area contributed by atoms with Gasteiger partial charge >= 0.3 is 5.37 Å². The molecule has 3 rings (SSSR count). The first-order valence-corrected chi connectivity index (χ1v) is 7.66. The molecule has 0 unspecified atom stereocenters. The van der Waals surface area contributed by atoms with Crippen LogP contribution in [0.25, 0.3) is 5.57 Å². The molecule has 1 atom stereocenters. The van der Waals surface area contributed by atoms with Crippen molar-refractivity contribution in [1.29, 1.82) is 0 Å². The van der Waals surface area contributed by atoms with Crippen LogP contribution in [0.15, 0.2) is 54.6 Å². The number of nitrogens with zero attached hydrogens (tertiary/aromatic N) is 1. The average molecular weight is 350 g/mol. The smallest absolute Gasteiger partial charge is 0.317 e. The van der Waals surface area contributed by atoms with E-state index in [1.807, 2.05) is 0 Å². The second-order valence-electron chi connectivity index (χ2n) is 5.58. The molecule has 0 fully saturated rings. The minimum absolute atomic E-state index is 0.0296. The number of hydrogen-bond acceptors (Lipinski definition) is 2. The van der Waals surface area contributed by atoms with Crippen LogP contribution in [-0.2, 0) is 5.54 Å². The molecule has 1 heterocycles. The number of aliphatic hydroxyl groups is 1. The highest BCUT2D eigenvalue weighted by atomic mass is 35.5. The number of rotatable bonds is 3. The average Bonchev–Trinajstić information content (AvgIpc) is 2.99. The Balaban J connectivity index is 2.17. The molecule has 1 N–H and O–H groups in total. The normalized spacial score (nSPS) is 20.2. The lowest BCUT2D eigenvalue weighted by atomic mass is 9.89. The van der Waals surface area contributed by atoms with Crippen LogP contribution in [0.4, 0.5) is 13.6 Å². The second kappa shape index (κ2) is 6.34.